The number of nitrogens with zero attached hydrogens (tertiary/aromatic N) is 7. The van der Waals surface area contributed by atoms with Crippen LogP contribution in [0, 0.1) is 0 Å². The van der Waals surface area contributed by atoms with Crippen molar-refractivity contribution in [2.75, 3.05) is 38.1 Å². The Morgan fingerprint density at radius 1 is 1.20 bits per heavy atom. The first kappa shape index (κ1) is 23.8. The van der Waals surface area contributed by atoms with E-state index in [2.05, 4.69) is 43.7 Å². The number of anilines is 1. The topological polar surface area (TPSA) is 109 Å². The van der Waals surface area contributed by atoms with Crippen LogP contribution in [0.4, 0.5) is 10.1 Å². The van der Waals surface area contributed by atoms with E-state index in [9.17, 15) is 5.11 Å². The quantitative estimate of drug-likeness (QED) is 0.503. The summed E-state index contributed by atoms with van der Waals surface area (Å²) in [5, 5.41) is 18.1. The van der Waals surface area contributed by atoms with E-state index in [1.807, 2.05) is 12.3 Å². The Labute approximate surface area is 203 Å². The molecule has 10 heteroatoms. The average Bonchev–Trinajstić information content (AvgIpc) is 3.36. The van der Waals surface area contributed by atoms with E-state index in [4.69, 9.17) is 5.73 Å². The van der Waals surface area contributed by atoms with Crippen molar-refractivity contribution >= 4 is 17.0 Å². The molecule has 0 atom stereocenters. The summed E-state index contributed by atoms with van der Waals surface area (Å²) in [5.74, 6) is -0.759. The number of aromatic nitrogens is 5. The lowest BCUT2D eigenvalue weighted by Gasteiger charge is -2.33. The highest BCUT2D eigenvalue weighted by Gasteiger charge is 2.17. The molecule has 35 heavy (non-hydrogen) atoms. The van der Waals surface area contributed by atoms with E-state index < -0.39 is 5.83 Å². The number of pyridine rings is 2. The molecule has 0 spiro atoms. The molecule has 180 valence electrons. The predicted octanol–water partition coefficient (Wildman–Crippen LogP) is 3.07. The third-order valence-electron chi connectivity index (χ3n) is 5.60. The van der Waals surface area contributed by atoms with Crippen LogP contribution in [-0.4, -0.2) is 68.2 Å². The summed E-state index contributed by atoms with van der Waals surface area (Å²) in [6, 6.07) is 6.75. The number of piperazine rings is 1. The van der Waals surface area contributed by atoms with E-state index in [1.54, 1.807) is 24.5 Å². The van der Waals surface area contributed by atoms with Crippen LogP contribution in [0.1, 0.15) is 5.69 Å². The van der Waals surface area contributed by atoms with Gasteiger partial charge in [0.15, 0.2) is 0 Å². The maximum absolute atomic E-state index is 15.1. The van der Waals surface area contributed by atoms with E-state index in [0.29, 0.717) is 17.0 Å². The second kappa shape index (κ2) is 10.7. The summed E-state index contributed by atoms with van der Waals surface area (Å²) in [6.45, 7) is 7.75. The Morgan fingerprint density at radius 3 is 2.74 bits per heavy atom. The summed E-state index contributed by atoms with van der Waals surface area (Å²) < 4.78 is 16.4. The first-order valence-electron chi connectivity index (χ1n) is 11.1. The predicted molar refractivity (Wildman–Crippen MR) is 135 cm³/mol. The lowest BCUT2D eigenvalue weighted by atomic mass is 10.1. The van der Waals surface area contributed by atoms with Gasteiger partial charge in [-0.25, -0.2) is 14.1 Å². The second-order valence-electron chi connectivity index (χ2n) is 8.11. The SMILES string of the molecule is C=C(\C=C(/C(F)=C\C=C\N)n1cc(-c2cncc(N3CCN(C)CC3)c2)nn1)c1cccc(O)n1. The van der Waals surface area contributed by atoms with Crippen LogP contribution in [0.5, 0.6) is 5.88 Å². The van der Waals surface area contributed by atoms with Gasteiger partial charge in [-0.05, 0) is 49.2 Å². The summed E-state index contributed by atoms with van der Waals surface area (Å²) >= 11 is 0. The highest BCUT2D eigenvalue weighted by molar-refractivity contribution is 5.80. The fraction of sp³-hybridized carbons (Fsp3) is 0.200. The molecule has 9 nitrogen and oxygen atoms in total. The first-order chi connectivity index (χ1) is 16.9. The summed E-state index contributed by atoms with van der Waals surface area (Å²) in [6.07, 6.45) is 10.5. The van der Waals surface area contributed by atoms with Crippen molar-refractivity contribution in [3.63, 3.8) is 0 Å². The summed E-state index contributed by atoms with van der Waals surface area (Å²) in [7, 11) is 2.11. The smallest absolute Gasteiger partial charge is 0.211 e. The average molecular weight is 475 g/mol. The van der Waals surface area contributed by atoms with E-state index in [1.165, 1.54) is 35.2 Å². The number of allylic oxidation sites excluding steroid dienone is 6. The number of aromatic hydroxyl groups is 1. The minimum Gasteiger partial charge on any atom is -0.493 e. The zero-order valence-corrected chi connectivity index (χ0v) is 19.4. The van der Waals surface area contributed by atoms with Gasteiger partial charge in [0.2, 0.25) is 5.88 Å². The Morgan fingerprint density at radius 2 is 2.00 bits per heavy atom. The monoisotopic (exact) mass is 474 g/mol. The minimum atomic E-state index is -0.603. The number of likely N-dealkylation sites (N-methyl/N-ethyl adjacent to an activating group) is 1. The molecule has 4 heterocycles. The van der Waals surface area contributed by atoms with Crippen molar-refractivity contribution in [2.45, 2.75) is 0 Å². The largest absolute Gasteiger partial charge is 0.493 e. The molecular formula is C25H27FN8O. The van der Waals surface area contributed by atoms with Crippen LogP contribution in [0.3, 0.4) is 0 Å². The number of rotatable bonds is 7. The Hall–Kier alpha value is -4.31. The van der Waals surface area contributed by atoms with Crippen molar-refractivity contribution in [2.24, 2.45) is 5.73 Å². The molecule has 3 N–H and O–H groups in total. The molecule has 0 amide bonds. The van der Waals surface area contributed by atoms with Crippen LogP contribution in [-0.2, 0) is 0 Å². The molecule has 0 unspecified atom stereocenters. The Balaban J connectivity index is 1.66. The van der Waals surface area contributed by atoms with Crippen LogP contribution in [0.2, 0.25) is 0 Å². The van der Waals surface area contributed by atoms with E-state index in [-0.39, 0.29) is 11.6 Å². The van der Waals surface area contributed by atoms with Gasteiger partial charge in [0.25, 0.3) is 0 Å². The molecule has 1 fully saturated rings. The molecule has 1 saturated heterocycles. The van der Waals surface area contributed by atoms with Crippen LogP contribution in [0.15, 0.2) is 79.7 Å². The normalized spacial score (nSPS) is 15.7. The number of halogens is 1. The van der Waals surface area contributed by atoms with Gasteiger partial charge in [0, 0.05) is 44.0 Å². The fourth-order valence-electron chi connectivity index (χ4n) is 3.63. The molecule has 0 aliphatic carbocycles. The second-order valence-corrected chi connectivity index (χ2v) is 8.11. The molecule has 1 aliphatic heterocycles. The number of hydrogen-bond acceptors (Lipinski definition) is 8. The minimum absolute atomic E-state index is 0.0835. The van der Waals surface area contributed by atoms with Gasteiger partial charge in [0.1, 0.15) is 17.2 Å². The zero-order valence-electron chi connectivity index (χ0n) is 19.4. The lowest BCUT2D eigenvalue weighted by Crippen LogP contribution is -2.44. The van der Waals surface area contributed by atoms with Gasteiger partial charge in [0.05, 0.1) is 23.8 Å². The van der Waals surface area contributed by atoms with Gasteiger partial charge < -0.3 is 20.6 Å². The van der Waals surface area contributed by atoms with Crippen molar-refractivity contribution in [3.05, 3.63) is 85.4 Å². The van der Waals surface area contributed by atoms with E-state index >= 15 is 4.39 Å². The summed E-state index contributed by atoms with van der Waals surface area (Å²) in [5.41, 5.74) is 8.55. The van der Waals surface area contributed by atoms with Gasteiger partial charge in [-0.15, -0.1) is 5.10 Å². The highest BCUT2D eigenvalue weighted by Crippen LogP contribution is 2.27. The zero-order chi connectivity index (χ0) is 24.8. The van der Waals surface area contributed by atoms with Crippen molar-refractivity contribution in [1.29, 1.82) is 0 Å². The molecule has 0 aromatic carbocycles. The maximum atomic E-state index is 15.1. The number of nitrogens with two attached hydrogens (primary N) is 1. The molecule has 1 aliphatic rings. The lowest BCUT2D eigenvalue weighted by molar-refractivity contribution is 0.313. The number of hydrogen-bond donors (Lipinski definition) is 2. The highest BCUT2D eigenvalue weighted by atomic mass is 19.1. The van der Waals surface area contributed by atoms with Crippen LogP contribution < -0.4 is 10.6 Å². The van der Waals surface area contributed by atoms with Crippen LogP contribution >= 0.6 is 0 Å². The first-order valence-corrected chi connectivity index (χ1v) is 11.1. The Kier molecular flexibility index (Phi) is 7.32. The molecule has 0 bridgehead atoms. The van der Waals surface area contributed by atoms with Gasteiger partial charge in [-0.1, -0.05) is 17.9 Å². The molecule has 0 radical (unpaired) electrons. The third-order valence-corrected chi connectivity index (χ3v) is 5.60. The third kappa shape index (κ3) is 5.79. The molecule has 0 saturated carbocycles. The van der Waals surface area contributed by atoms with E-state index in [0.717, 1.165) is 37.4 Å². The van der Waals surface area contributed by atoms with Crippen molar-refractivity contribution in [1.82, 2.24) is 29.9 Å². The van der Waals surface area contributed by atoms with Gasteiger partial charge in [-0.2, -0.15) is 0 Å². The van der Waals surface area contributed by atoms with Crippen molar-refractivity contribution in [3.8, 4) is 17.1 Å². The molecule has 4 rings (SSSR count). The van der Waals surface area contributed by atoms with Crippen LogP contribution in [0.25, 0.3) is 22.5 Å². The van der Waals surface area contributed by atoms with Gasteiger partial charge in [-0.3, -0.25) is 4.98 Å². The maximum Gasteiger partial charge on any atom is 0.211 e. The Bertz CT molecular complexity index is 1290. The molecular weight excluding hydrogens is 447 g/mol. The summed E-state index contributed by atoms with van der Waals surface area (Å²) in [4.78, 5) is 13.0. The van der Waals surface area contributed by atoms with Gasteiger partial charge >= 0.3 is 0 Å². The standard InChI is InChI=1S/C25H27FN8O/c1-18(22-6-3-7-25(35)29-22)13-24(21(26)5-4-8-27)34-17-23(30-31-34)19-14-20(16-28-15-19)33-11-9-32(2)10-12-33/h3-8,13-17H,1,9-12,27H2,2H3,(H,29,35)/b8-4+,21-5+,24-13+. The molecule has 3 aromatic heterocycles. The van der Waals surface area contributed by atoms with Crippen molar-refractivity contribution < 1.29 is 9.50 Å². The fourth-order valence-corrected chi connectivity index (χ4v) is 3.63. The molecule has 3 aromatic rings.